The molecule has 0 N–H and O–H groups in total. The molecular formula is C53H37F3N2. The first kappa shape index (κ1) is 34.4. The molecule has 8 aromatic carbocycles. The average molecular weight is 759 g/mol. The molecule has 3 heterocycles. The molecule has 0 spiro atoms. The van der Waals surface area contributed by atoms with Crippen LogP contribution in [0.3, 0.4) is 0 Å². The molecule has 58 heavy (non-hydrogen) atoms. The lowest BCUT2D eigenvalue weighted by Crippen LogP contribution is -2.07. The SMILES string of the molecule is Cc1ccc(-c2ccc3c(c2)c2ccccc2n3-c2ccc3cc2c2c(C(F)(F)F)cccc2n2c4ccccc4c4cc(-c5ccc(C)cc5C)c3cc42)c(C)c1. The highest BCUT2D eigenvalue weighted by molar-refractivity contribution is 6.19. The summed E-state index contributed by atoms with van der Waals surface area (Å²) in [7, 11) is 0. The summed E-state index contributed by atoms with van der Waals surface area (Å²) in [5.41, 5.74) is 13.2. The number of para-hydroxylation sites is 2. The van der Waals surface area contributed by atoms with Crippen molar-refractivity contribution < 1.29 is 13.2 Å². The van der Waals surface area contributed by atoms with Crippen LogP contribution in [0.5, 0.6) is 0 Å². The number of halogens is 3. The van der Waals surface area contributed by atoms with E-state index in [1.807, 2.05) is 52.9 Å². The fourth-order valence-electron chi connectivity index (χ4n) is 9.73. The van der Waals surface area contributed by atoms with Gasteiger partial charge in [-0.15, -0.1) is 0 Å². The van der Waals surface area contributed by atoms with Crippen molar-refractivity contribution in [3.63, 3.8) is 0 Å². The molecule has 0 atom stereocenters. The summed E-state index contributed by atoms with van der Waals surface area (Å²) in [6.07, 6.45) is -4.63. The number of alkyl halides is 3. The van der Waals surface area contributed by atoms with E-state index in [4.69, 9.17) is 0 Å². The van der Waals surface area contributed by atoms with E-state index in [-0.39, 0.29) is 5.39 Å². The minimum absolute atomic E-state index is 0.155. The van der Waals surface area contributed by atoms with Crippen molar-refractivity contribution in [3.8, 4) is 27.9 Å². The highest BCUT2D eigenvalue weighted by atomic mass is 19.4. The molecule has 4 bridgehead atoms. The zero-order valence-corrected chi connectivity index (χ0v) is 32.5. The topological polar surface area (TPSA) is 9.34 Å². The Hall–Kier alpha value is -6.85. The number of benzene rings is 8. The fourth-order valence-corrected chi connectivity index (χ4v) is 9.73. The van der Waals surface area contributed by atoms with Crippen LogP contribution in [0.2, 0.25) is 0 Å². The van der Waals surface area contributed by atoms with E-state index >= 15 is 13.2 Å². The Labute approximate surface area is 333 Å². The number of fused-ring (bicyclic) bond motifs is 13. The maximum Gasteiger partial charge on any atom is 0.417 e. The maximum atomic E-state index is 15.6. The van der Waals surface area contributed by atoms with Crippen LogP contribution < -0.4 is 0 Å². The molecule has 5 heteroatoms. The summed E-state index contributed by atoms with van der Waals surface area (Å²) in [5, 5.41) is 6.56. The lowest BCUT2D eigenvalue weighted by Gasteiger charge is -2.16. The third kappa shape index (κ3) is 4.99. The molecule has 0 saturated carbocycles. The average Bonchev–Trinajstić information content (AvgIpc) is 3.72. The van der Waals surface area contributed by atoms with Crippen molar-refractivity contribution in [1.82, 2.24) is 8.97 Å². The van der Waals surface area contributed by atoms with Crippen LogP contribution in [-0.2, 0) is 6.18 Å². The summed E-state index contributed by atoms with van der Waals surface area (Å²) >= 11 is 0. The van der Waals surface area contributed by atoms with E-state index in [0.717, 1.165) is 82.2 Å². The van der Waals surface area contributed by atoms with Crippen molar-refractivity contribution in [1.29, 1.82) is 0 Å². The van der Waals surface area contributed by atoms with Crippen LogP contribution >= 0.6 is 0 Å². The van der Waals surface area contributed by atoms with Gasteiger partial charge in [-0.25, -0.2) is 0 Å². The van der Waals surface area contributed by atoms with E-state index in [0.29, 0.717) is 16.6 Å². The Morgan fingerprint density at radius 2 is 1.05 bits per heavy atom. The molecule has 11 aromatic rings. The van der Waals surface area contributed by atoms with Gasteiger partial charge in [-0.1, -0.05) is 102 Å². The first-order valence-electron chi connectivity index (χ1n) is 19.7. The Morgan fingerprint density at radius 3 is 1.78 bits per heavy atom. The first-order chi connectivity index (χ1) is 28.0. The Morgan fingerprint density at radius 1 is 0.414 bits per heavy atom. The van der Waals surface area contributed by atoms with Gasteiger partial charge in [-0.05, 0) is 133 Å². The molecule has 0 aliphatic rings. The van der Waals surface area contributed by atoms with Gasteiger partial charge in [-0.3, -0.25) is 0 Å². The minimum Gasteiger partial charge on any atom is -0.309 e. The summed E-state index contributed by atoms with van der Waals surface area (Å²) in [6, 6.07) is 50.9. The molecule has 0 aliphatic carbocycles. The molecule has 3 aromatic heterocycles. The zero-order valence-electron chi connectivity index (χ0n) is 32.5. The number of rotatable bonds is 3. The van der Waals surface area contributed by atoms with Crippen LogP contribution in [0, 0.1) is 27.7 Å². The molecular weight excluding hydrogens is 722 g/mol. The predicted octanol–water partition coefficient (Wildman–Crippen LogP) is 15.2. The second-order valence-corrected chi connectivity index (χ2v) is 15.9. The fraction of sp³-hybridized carbons (Fsp3) is 0.0943. The van der Waals surface area contributed by atoms with E-state index in [2.05, 4.69) is 123 Å². The van der Waals surface area contributed by atoms with Crippen molar-refractivity contribution >= 4 is 70.7 Å². The Kier molecular flexibility index (Phi) is 7.31. The maximum absolute atomic E-state index is 15.6. The van der Waals surface area contributed by atoms with Crippen LogP contribution in [0.15, 0.2) is 152 Å². The molecule has 0 aliphatic heterocycles. The third-order valence-electron chi connectivity index (χ3n) is 12.3. The lowest BCUT2D eigenvalue weighted by atomic mass is 9.92. The van der Waals surface area contributed by atoms with E-state index in [1.165, 1.54) is 22.8 Å². The number of nitrogens with zero attached hydrogens (tertiary/aromatic N) is 2. The van der Waals surface area contributed by atoms with Gasteiger partial charge in [0.05, 0.1) is 38.8 Å². The molecule has 0 amide bonds. The monoisotopic (exact) mass is 758 g/mol. The van der Waals surface area contributed by atoms with Crippen molar-refractivity contribution in [2.24, 2.45) is 0 Å². The number of hydrogen-bond donors (Lipinski definition) is 0. The quantitative estimate of drug-likeness (QED) is 0.170. The molecule has 0 saturated heterocycles. The van der Waals surface area contributed by atoms with Crippen LogP contribution in [0.4, 0.5) is 13.2 Å². The molecule has 0 radical (unpaired) electrons. The van der Waals surface area contributed by atoms with Gasteiger partial charge in [0, 0.05) is 32.3 Å². The lowest BCUT2D eigenvalue weighted by molar-refractivity contribution is -0.136. The van der Waals surface area contributed by atoms with Crippen LogP contribution in [-0.4, -0.2) is 8.97 Å². The second-order valence-electron chi connectivity index (χ2n) is 15.9. The van der Waals surface area contributed by atoms with E-state index in [1.54, 1.807) is 6.07 Å². The van der Waals surface area contributed by atoms with Gasteiger partial charge < -0.3 is 8.97 Å². The highest BCUT2D eigenvalue weighted by Crippen LogP contribution is 2.45. The normalized spacial score (nSPS) is 12.4. The first-order valence-corrected chi connectivity index (χ1v) is 19.7. The summed E-state index contributed by atoms with van der Waals surface area (Å²) in [5.74, 6) is 0. The Balaban J connectivity index is 1.36. The van der Waals surface area contributed by atoms with Gasteiger partial charge in [0.2, 0.25) is 0 Å². The van der Waals surface area contributed by atoms with Crippen LogP contribution in [0.1, 0.15) is 27.8 Å². The van der Waals surface area contributed by atoms with Crippen molar-refractivity contribution in [2.45, 2.75) is 33.9 Å². The molecule has 11 rings (SSSR count). The predicted molar refractivity (Wildman–Crippen MR) is 237 cm³/mol. The smallest absolute Gasteiger partial charge is 0.309 e. The number of aryl methyl sites for hydroxylation is 4. The minimum atomic E-state index is -4.63. The van der Waals surface area contributed by atoms with Gasteiger partial charge in [-0.2, -0.15) is 13.2 Å². The van der Waals surface area contributed by atoms with Gasteiger partial charge >= 0.3 is 6.18 Å². The number of hydrogen-bond acceptors (Lipinski definition) is 0. The van der Waals surface area contributed by atoms with Gasteiger partial charge in [0.1, 0.15) is 0 Å². The van der Waals surface area contributed by atoms with Crippen molar-refractivity contribution in [3.05, 3.63) is 179 Å². The van der Waals surface area contributed by atoms with E-state index < -0.39 is 11.7 Å². The van der Waals surface area contributed by atoms with Crippen molar-refractivity contribution in [2.75, 3.05) is 0 Å². The number of aromatic nitrogens is 2. The summed E-state index contributed by atoms with van der Waals surface area (Å²) in [4.78, 5) is 0. The molecule has 0 unspecified atom stereocenters. The third-order valence-corrected chi connectivity index (χ3v) is 12.3. The molecule has 0 fully saturated rings. The Bertz CT molecular complexity index is 3540. The van der Waals surface area contributed by atoms with Gasteiger partial charge in [0.15, 0.2) is 0 Å². The molecule has 2 nitrogen and oxygen atoms in total. The summed E-state index contributed by atoms with van der Waals surface area (Å²) < 4.78 is 51.1. The molecule has 280 valence electrons. The zero-order chi connectivity index (χ0) is 39.6. The van der Waals surface area contributed by atoms with E-state index in [9.17, 15) is 0 Å². The largest absolute Gasteiger partial charge is 0.417 e. The van der Waals surface area contributed by atoms with Gasteiger partial charge in [0.25, 0.3) is 0 Å². The van der Waals surface area contributed by atoms with Crippen LogP contribution in [0.25, 0.3) is 98.6 Å². The highest BCUT2D eigenvalue weighted by Gasteiger charge is 2.34. The standard InChI is InChI=1S/C53H37F3N2/c1-30-16-20-36(32(3)24-30)34-18-22-48-42(26-34)38-10-5-7-13-46(38)57(48)49-23-19-35-27-44(49)52-45(53(54,55)56)12-9-15-50(52)58-47-14-8-6-11-39(47)43-28-41(40(35)29-51(43)58)37-21-17-31(2)25-33(37)4/h5-29H,1-4H3. The summed E-state index contributed by atoms with van der Waals surface area (Å²) in [6.45, 7) is 8.46. The second kappa shape index (κ2) is 12.3.